The summed E-state index contributed by atoms with van der Waals surface area (Å²) in [5.41, 5.74) is 2.34. The maximum Gasteiger partial charge on any atom is 0.172 e. The van der Waals surface area contributed by atoms with Gasteiger partial charge in [-0.3, -0.25) is 0 Å². The molecule has 0 unspecified atom stereocenters. The highest BCUT2D eigenvalue weighted by atomic mass is 79.9. The van der Waals surface area contributed by atoms with Crippen LogP contribution in [0.1, 0.15) is 36.9 Å². The second-order valence-electron chi connectivity index (χ2n) is 6.69. The lowest BCUT2D eigenvalue weighted by molar-refractivity contribution is 0.435. The Balaban J connectivity index is 1.69. The van der Waals surface area contributed by atoms with Gasteiger partial charge in [-0.25, -0.2) is 4.98 Å². The third-order valence-corrected chi connectivity index (χ3v) is 6.85. The number of thiocarbonyl (C=S) groups is 1. The molecule has 7 heteroatoms. The van der Waals surface area contributed by atoms with E-state index in [1.165, 1.54) is 18.4 Å². The molecule has 1 aliphatic carbocycles. The van der Waals surface area contributed by atoms with E-state index < -0.39 is 0 Å². The molecule has 0 atom stereocenters. The highest BCUT2D eigenvalue weighted by Gasteiger charge is 2.35. The van der Waals surface area contributed by atoms with Gasteiger partial charge < -0.3 is 10.6 Å². The van der Waals surface area contributed by atoms with E-state index in [0.29, 0.717) is 5.11 Å². The van der Waals surface area contributed by atoms with Gasteiger partial charge in [0.1, 0.15) is 5.82 Å². The van der Waals surface area contributed by atoms with Crippen molar-refractivity contribution in [1.29, 1.82) is 0 Å². The van der Waals surface area contributed by atoms with Crippen molar-refractivity contribution in [2.75, 3.05) is 11.9 Å². The average Bonchev–Trinajstić information content (AvgIpc) is 3.09. The van der Waals surface area contributed by atoms with E-state index in [-0.39, 0.29) is 5.41 Å². The van der Waals surface area contributed by atoms with Crippen molar-refractivity contribution < 1.29 is 0 Å². The van der Waals surface area contributed by atoms with Crippen molar-refractivity contribution >= 4 is 66.6 Å². The van der Waals surface area contributed by atoms with Crippen LogP contribution in [0.2, 0.25) is 5.02 Å². The lowest BCUT2D eigenvalue weighted by atomic mass is 9.79. The van der Waals surface area contributed by atoms with Gasteiger partial charge in [0, 0.05) is 21.5 Å². The fourth-order valence-corrected chi connectivity index (χ4v) is 4.81. The Hall–Kier alpha value is -0.690. The molecule has 1 saturated carbocycles. The van der Waals surface area contributed by atoms with Crippen molar-refractivity contribution in [2.45, 2.75) is 38.0 Å². The summed E-state index contributed by atoms with van der Waals surface area (Å²) in [5, 5.41) is 7.96. The summed E-state index contributed by atoms with van der Waals surface area (Å²) in [7, 11) is 0. The quantitative estimate of drug-likeness (QED) is 0.463. The molecule has 0 bridgehead atoms. The van der Waals surface area contributed by atoms with Gasteiger partial charge in [0.05, 0.1) is 10.2 Å². The first-order valence-corrected chi connectivity index (χ1v) is 10.9. The number of pyridine rings is 1. The zero-order valence-corrected chi connectivity index (χ0v) is 19.2. The molecule has 26 heavy (non-hydrogen) atoms. The number of halogens is 3. The average molecular weight is 518 g/mol. The lowest BCUT2D eigenvalue weighted by Gasteiger charge is -2.30. The Morgan fingerprint density at radius 2 is 1.85 bits per heavy atom. The van der Waals surface area contributed by atoms with Crippen LogP contribution in [0.4, 0.5) is 5.82 Å². The fourth-order valence-electron chi connectivity index (χ4n) is 3.47. The number of hydrogen-bond acceptors (Lipinski definition) is 2. The molecule has 0 spiro atoms. The predicted octanol–water partition coefficient (Wildman–Crippen LogP) is 6.37. The van der Waals surface area contributed by atoms with Crippen LogP contribution in [0.25, 0.3) is 0 Å². The number of aromatic nitrogens is 1. The molecule has 3 rings (SSSR count). The summed E-state index contributed by atoms with van der Waals surface area (Å²) in [5.74, 6) is 0.718. The molecule has 2 N–H and O–H groups in total. The van der Waals surface area contributed by atoms with Crippen LogP contribution < -0.4 is 10.6 Å². The number of benzene rings is 1. The normalized spacial score (nSPS) is 15.7. The third-order valence-electron chi connectivity index (χ3n) is 4.94. The second kappa shape index (κ2) is 8.55. The minimum atomic E-state index is 0.108. The topological polar surface area (TPSA) is 37.0 Å². The van der Waals surface area contributed by atoms with E-state index in [9.17, 15) is 0 Å². The molecule has 1 fully saturated rings. The summed E-state index contributed by atoms with van der Waals surface area (Å²) >= 11 is 18.6. The SMILES string of the molecule is Cc1nc(NC(=S)NCC2(c3ccc(Cl)cc3)CCCC2)c(Br)cc1Br. The van der Waals surface area contributed by atoms with Crippen molar-refractivity contribution in [3.8, 4) is 0 Å². The van der Waals surface area contributed by atoms with Crippen molar-refractivity contribution in [1.82, 2.24) is 10.3 Å². The first-order chi connectivity index (χ1) is 12.4. The molecule has 1 aromatic heterocycles. The minimum Gasteiger partial charge on any atom is -0.362 e. The Morgan fingerprint density at radius 1 is 1.19 bits per heavy atom. The maximum atomic E-state index is 6.06. The summed E-state index contributed by atoms with van der Waals surface area (Å²) in [6.07, 6.45) is 4.79. The molecular formula is C19H20Br2ClN3S. The van der Waals surface area contributed by atoms with Gasteiger partial charge in [0.25, 0.3) is 0 Å². The number of anilines is 1. The Morgan fingerprint density at radius 3 is 2.50 bits per heavy atom. The van der Waals surface area contributed by atoms with Crippen molar-refractivity contribution in [3.05, 3.63) is 55.6 Å². The van der Waals surface area contributed by atoms with E-state index in [4.69, 9.17) is 23.8 Å². The summed E-state index contributed by atoms with van der Waals surface area (Å²) in [6, 6.07) is 10.2. The first-order valence-electron chi connectivity index (χ1n) is 8.53. The van der Waals surface area contributed by atoms with Crippen LogP contribution in [0, 0.1) is 6.92 Å². The van der Waals surface area contributed by atoms with Gasteiger partial charge in [-0.2, -0.15) is 0 Å². The van der Waals surface area contributed by atoms with Crippen LogP contribution in [-0.4, -0.2) is 16.6 Å². The summed E-state index contributed by atoms with van der Waals surface area (Å²) in [6.45, 7) is 2.75. The van der Waals surface area contributed by atoms with Crippen molar-refractivity contribution in [3.63, 3.8) is 0 Å². The summed E-state index contributed by atoms with van der Waals surface area (Å²) < 4.78 is 1.83. The molecule has 0 radical (unpaired) electrons. The van der Waals surface area contributed by atoms with Gasteiger partial charge in [0.15, 0.2) is 5.11 Å². The smallest absolute Gasteiger partial charge is 0.172 e. The Labute approximate surface area is 181 Å². The summed E-state index contributed by atoms with van der Waals surface area (Å²) in [4.78, 5) is 4.53. The molecular weight excluding hydrogens is 498 g/mol. The zero-order chi connectivity index (χ0) is 18.7. The maximum absolute atomic E-state index is 6.06. The molecule has 1 heterocycles. The van der Waals surface area contributed by atoms with Crippen LogP contribution >= 0.6 is 55.7 Å². The van der Waals surface area contributed by atoms with E-state index in [1.807, 2.05) is 25.1 Å². The molecule has 0 saturated heterocycles. The van der Waals surface area contributed by atoms with Gasteiger partial charge in [-0.05, 0) is 87.6 Å². The molecule has 1 aliphatic rings. The minimum absolute atomic E-state index is 0.108. The highest BCUT2D eigenvalue weighted by Crippen LogP contribution is 2.41. The molecule has 138 valence electrons. The number of aryl methyl sites for hydroxylation is 1. The number of nitrogens with zero attached hydrogens (tertiary/aromatic N) is 1. The van der Waals surface area contributed by atoms with Gasteiger partial charge in [-0.1, -0.05) is 36.6 Å². The van der Waals surface area contributed by atoms with Gasteiger partial charge in [0.2, 0.25) is 0 Å². The van der Waals surface area contributed by atoms with Gasteiger partial charge >= 0.3 is 0 Å². The van der Waals surface area contributed by atoms with Crippen LogP contribution in [-0.2, 0) is 5.41 Å². The molecule has 3 nitrogen and oxygen atoms in total. The van der Waals surface area contributed by atoms with Crippen LogP contribution in [0.5, 0.6) is 0 Å². The standard InChI is InChI=1S/C19H20Br2ClN3S/c1-12-15(20)10-16(21)17(24-12)25-18(26)23-11-19(8-2-3-9-19)13-4-6-14(22)7-5-13/h4-7,10H,2-3,8-9,11H2,1H3,(H2,23,24,25,26). The van der Waals surface area contributed by atoms with E-state index in [2.05, 4.69) is 59.6 Å². The number of rotatable bonds is 4. The molecule has 1 aromatic carbocycles. The second-order valence-corrected chi connectivity index (χ2v) is 9.24. The van der Waals surface area contributed by atoms with Gasteiger partial charge in [-0.15, -0.1) is 0 Å². The number of hydrogen-bond donors (Lipinski definition) is 2. The van der Waals surface area contributed by atoms with Crippen LogP contribution in [0.15, 0.2) is 39.3 Å². The molecule has 0 aliphatic heterocycles. The third kappa shape index (κ3) is 4.58. The monoisotopic (exact) mass is 515 g/mol. The van der Waals surface area contributed by atoms with E-state index in [0.717, 1.165) is 44.9 Å². The fraction of sp³-hybridized carbons (Fsp3) is 0.368. The van der Waals surface area contributed by atoms with E-state index >= 15 is 0 Å². The van der Waals surface area contributed by atoms with Crippen LogP contribution in [0.3, 0.4) is 0 Å². The molecule has 2 aromatic rings. The van der Waals surface area contributed by atoms with E-state index in [1.54, 1.807) is 0 Å². The zero-order valence-electron chi connectivity index (χ0n) is 14.4. The highest BCUT2D eigenvalue weighted by molar-refractivity contribution is 9.11. The van der Waals surface area contributed by atoms with Crippen molar-refractivity contribution in [2.24, 2.45) is 0 Å². The number of nitrogens with one attached hydrogen (secondary N) is 2. The lowest BCUT2D eigenvalue weighted by Crippen LogP contribution is -2.41. The first kappa shape index (κ1) is 20.1. The predicted molar refractivity (Wildman–Crippen MR) is 120 cm³/mol. The largest absolute Gasteiger partial charge is 0.362 e. The Kier molecular flexibility index (Phi) is 6.59. The molecule has 0 amide bonds. The Bertz CT molecular complexity index is 805.